The number of rotatable bonds is 3. The van der Waals surface area contributed by atoms with Gasteiger partial charge in [0.05, 0.1) is 34.2 Å². The van der Waals surface area contributed by atoms with Crippen LogP contribution in [0.2, 0.25) is 0 Å². The molecule has 2 fully saturated rings. The standard InChI is InChI=1S/C18H17N3O5S/c1-12-4-2-5-13(8-12)19-16-10-27(25,26)11-17(16)20(18(19)22)14-6-3-7-15(9-14)21(23)24/h2-9,16-17H,10-11H2,1H3/t16-,17+/m1/s1. The Morgan fingerprint density at radius 1 is 1.00 bits per heavy atom. The van der Waals surface area contributed by atoms with Gasteiger partial charge in [-0.15, -0.1) is 0 Å². The Balaban J connectivity index is 1.82. The zero-order valence-electron chi connectivity index (χ0n) is 14.5. The van der Waals surface area contributed by atoms with Crippen LogP contribution in [0.3, 0.4) is 0 Å². The first-order valence-corrected chi connectivity index (χ1v) is 10.2. The maximum Gasteiger partial charge on any atom is 0.329 e. The molecule has 2 amide bonds. The zero-order valence-corrected chi connectivity index (χ0v) is 15.3. The second-order valence-corrected chi connectivity index (χ2v) is 9.00. The van der Waals surface area contributed by atoms with Crippen molar-refractivity contribution in [2.75, 3.05) is 21.3 Å². The van der Waals surface area contributed by atoms with Gasteiger partial charge < -0.3 is 0 Å². The summed E-state index contributed by atoms with van der Waals surface area (Å²) in [7, 11) is -3.32. The molecule has 0 unspecified atom stereocenters. The van der Waals surface area contributed by atoms with Gasteiger partial charge in [0.25, 0.3) is 5.69 Å². The summed E-state index contributed by atoms with van der Waals surface area (Å²) in [5.74, 6) is -0.281. The van der Waals surface area contributed by atoms with Crippen LogP contribution in [0, 0.1) is 17.0 Å². The highest BCUT2D eigenvalue weighted by Gasteiger charge is 2.54. The summed E-state index contributed by atoms with van der Waals surface area (Å²) in [6, 6.07) is 11.6. The van der Waals surface area contributed by atoms with Gasteiger partial charge >= 0.3 is 6.03 Å². The van der Waals surface area contributed by atoms with Crippen LogP contribution in [0.1, 0.15) is 5.56 Å². The molecule has 0 bridgehead atoms. The van der Waals surface area contributed by atoms with Crippen molar-refractivity contribution in [3.63, 3.8) is 0 Å². The summed E-state index contributed by atoms with van der Waals surface area (Å²) in [6.07, 6.45) is 0. The van der Waals surface area contributed by atoms with Gasteiger partial charge in [0.1, 0.15) is 0 Å². The van der Waals surface area contributed by atoms with E-state index in [0.29, 0.717) is 11.4 Å². The molecule has 4 rings (SSSR count). The summed E-state index contributed by atoms with van der Waals surface area (Å²) in [5, 5.41) is 11.1. The van der Waals surface area contributed by atoms with Crippen molar-refractivity contribution in [1.82, 2.24) is 0 Å². The van der Waals surface area contributed by atoms with Crippen molar-refractivity contribution >= 4 is 32.9 Å². The molecule has 2 atom stereocenters. The Morgan fingerprint density at radius 3 is 2.11 bits per heavy atom. The molecular weight excluding hydrogens is 370 g/mol. The normalized spacial score (nSPS) is 23.5. The van der Waals surface area contributed by atoms with Crippen molar-refractivity contribution in [3.05, 3.63) is 64.2 Å². The van der Waals surface area contributed by atoms with Crippen molar-refractivity contribution in [2.24, 2.45) is 0 Å². The van der Waals surface area contributed by atoms with Crippen LogP contribution in [0.5, 0.6) is 0 Å². The summed E-state index contributed by atoms with van der Waals surface area (Å²) in [5.41, 5.74) is 1.76. The SMILES string of the molecule is Cc1cccc(N2C(=O)N(c3cccc([N+](=O)[O-])c3)[C@H]3CS(=O)(=O)C[C@H]32)c1. The van der Waals surface area contributed by atoms with E-state index in [2.05, 4.69) is 0 Å². The highest BCUT2D eigenvalue weighted by atomic mass is 32.2. The number of nitrogens with zero attached hydrogens (tertiary/aromatic N) is 3. The number of carbonyl (C=O) groups is 1. The van der Waals surface area contributed by atoms with E-state index >= 15 is 0 Å². The average Bonchev–Trinajstić information content (AvgIpc) is 3.03. The minimum Gasteiger partial charge on any atom is -0.288 e. The molecule has 140 valence electrons. The minimum absolute atomic E-state index is 0.122. The van der Waals surface area contributed by atoms with Crippen molar-refractivity contribution < 1.29 is 18.1 Å². The van der Waals surface area contributed by atoms with Gasteiger partial charge in [0.15, 0.2) is 9.84 Å². The number of aryl methyl sites for hydroxylation is 1. The number of sulfone groups is 1. The maximum absolute atomic E-state index is 13.2. The molecule has 2 aliphatic rings. The van der Waals surface area contributed by atoms with Crippen LogP contribution in [0.25, 0.3) is 0 Å². The molecule has 2 heterocycles. The Morgan fingerprint density at radius 2 is 1.56 bits per heavy atom. The predicted octanol–water partition coefficient (Wildman–Crippen LogP) is 2.52. The lowest BCUT2D eigenvalue weighted by Crippen LogP contribution is -2.37. The van der Waals surface area contributed by atoms with Gasteiger partial charge in [-0.3, -0.25) is 19.9 Å². The van der Waals surface area contributed by atoms with E-state index in [1.54, 1.807) is 12.1 Å². The molecule has 2 aliphatic heterocycles. The fourth-order valence-corrected chi connectivity index (χ4v) is 5.76. The van der Waals surface area contributed by atoms with E-state index in [9.17, 15) is 23.3 Å². The van der Waals surface area contributed by atoms with Gasteiger partial charge in [0.2, 0.25) is 0 Å². The van der Waals surface area contributed by atoms with Gasteiger partial charge in [0, 0.05) is 17.8 Å². The Kier molecular flexibility index (Phi) is 3.92. The highest BCUT2D eigenvalue weighted by molar-refractivity contribution is 7.91. The second-order valence-electron chi connectivity index (χ2n) is 6.85. The lowest BCUT2D eigenvalue weighted by Gasteiger charge is -2.22. The van der Waals surface area contributed by atoms with Crippen LogP contribution in [-0.4, -0.2) is 43.0 Å². The summed E-state index contributed by atoms with van der Waals surface area (Å²) in [4.78, 5) is 26.7. The zero-order chi connectivity index (χ0) is 19.3. The molecule has 27 heavy (non-hydrogen) atoms. The fraction of sp³-hybridized carbons (Fsp3) is 0.278. The first kappa shape index (κ1) is 17.5. The van der Waals surface area contributed by atoms with Crippen LogP contribution in [-0.2, 0) is 9.84 Å². The molecule has 0 saturated carbocycles. The Labute approximate surface area is 156 Å². The van der Waals surface area contributed by atoms with E-state index in [4.69, 9.17) is 0 Å². The van der Waals surface area contributed by atoms with Gasteiger partial charge in [-0.2, -0.15) is 0 Å². The molecular formula is C18H17N3O5S. The van der Waals surface area contributed by atoms with E-state index in [-0.39, 0.29) is 23.2 Å². The Bertz CT molecular complexity index is 1050. The van der Waals surface area contributed by atoms with E-state index in [1.165, 1.54) is 28.0 Å². The van der Waals surface area contributed by atoms with Crippen molar-refractivity contribution in [3.8, 4) is 0 Å². The van der Waals surface area contributed by atoms with Gasteiger partial charge in [-0.05, 0) is 30.7 Å². The number of fused-ring (bicyclic) bond motifs is 1. The summed E-state index contributed by atoms with van der Waals surface area (Å²) < 4.78 is 24.5. The average molecular weight is 387 g/mol. The molecule has 2 aromatic rings. The van der Waals surface area contributed by atoms with Crippen LogP contribution in [0.15, 0.2) is 48.5 Å². The van der Waals surface area contributed by atoms with Crippen LogP contribution in [0.4, 0.5) is 21.9 Å². The third-order valence-electron chi connectivity index (χ3n) is 4.97. The smallest absolute Gasteiger partial charge is 0.288 e. The first-order chi connectivity index (χ1) is 12.8. The molecule has 8 nitrogen and oxygen atoms in total. The highest BCUT2D eigenvalue weighted by Crippen LogP contribution is 2.38. The predicted molar refractivity (Wildman–Crippen MR) is 101 cm³/mol. The van der Waals surface area contributed by atoms with E-state index < -0.39 is 26.8 Å². The summed E-state index contributed by atoms with van der Waals surface area (Å²) >= 11 is 0. The van der Waals surface area contributed by atoms with Crippen LogP contribution >= 0.6 is 0 Å². The number of urea groups is 1. The molecule has 0 aromatic heterocycles. The monoisotopic (exact) mass is 387 g/mol. The van der Waals surface area contributed by atoms with E-state index in [0.717, 1.165) is 5.56 Å². The molecule has 0 radical (unpaired) electrons. The quantitative estimate of drug-likeness (QED) is 0.458. The number of hydrogen-bond acceptors (Lipinski definition) is 5. The molecule has 2 saturated heterocycles. The molecule has 0 spiro atoms. The fourth-order valence-electron chi connectivity index (χ4n) is 3.84. The van der Waals surface area contributed by atoms with Gasteiger partial charge in [-0.1, -0.05) is 18.2 Å². The molecule has 2 aromatic carbocycles. The van der Waals surface area contributed by atoms with E-state index in [1.807, 2.05) is 25.1 Å². The number of benzene rings is 2. The number of hydrogen-bond donors (Lipinski definition) is 0. The van der Waals surface area contributed by atoms with Gasteiger partial charge in [-0.25, -0.2) is 13.2 Å². The maximum atomic E-state index is 13.2. The number of nitro groups is 1. The number of anilines is 2. The second kappa shape index (κ2) is 6.05. The Hall–Kier alpha value is -2.94. The topological polar surface area (TPSA) is 101 Å². The summed E-state index contributed by atoms with van der Waals surface area (Å²) in [6.45, 7) is 1.89. The van der Waals surface area contributed by atoms with Crippen molar-refractivity contribution in [1.29, 1.82) is 0 Å². The number of non-ortho nitro benzene ring substituents is 1. The number of amides is 2. The third-order valence-corrected chi connectivity index (χ3v) is 6.67. The van der Waals surface area contributed by atoms with Crippen LogP contribution < -0.4 is 9.80 Å². The number of carbonyl (C=O) groups excluding carboxylic acids is 1. The third kappa shape index (κ3) is 2.93. The largest absolute Gasteiger partial charge is 0.329 e. The minimum atomic E-state index is -3.32. The lowest BCUT2D eigenvalue weighted by molar-refractivity contribution is -0.384. The lowest BCUT2D eigenvalue weighted by atomic mass is 10.1. The number of nitro benzene ring substituents is 1. The molecule has 9 heteroatoms. The molecule has 0 N–H and O–H groups in total. The molecule has 0 aliphatic carbocycles. The van der Waals surface area contributed by atoms with Crippen molar-refractivity contribution in [2.45, 2.75) is 19.0 Å². The first-order valence-electron chi connectivity index (χ1n) is 8.41.